The topological polar surface area (TPSA) is 62.3 Å². The number of nitrogens with one attached hydrogen (secondary N) is 1. The lowest BCUT2D eigenvalue weighted by atomic mass is 10.1. The third-order valence-electron chi connectivity index (χ3n) is 4.92. The predicted octanol–water partition coefficient (Wildman–Crippen LogP) is 4.72. The van der Waals surface area contributed by atoms with Gasteiger partial charge in [-0.05, 0) is 56.4 Å². The van der Waals surface area contributed by atoms with Gasteiger partial charge in [-0.25, -0.2) is 4.98 Å². The number of aromatic nitrogens is 1. The van der Waals surface area contributed by atoms with Gasteiger partial charge in [-0.3, -0.25) is 9.59 Å². The maximum Gasteiger partial charge on any atom is 0.243 e. The Morgan fingerprint density at radius 1 is 1.03 bits per heavy atom. The van der Waals surface area contributed by atoms with E-state index in [1.807, 2.05) is 50.2 Å². The molecule has 0 fully saturated rings. The Morgan fingerprint density at radius 3 is 2.48 bits per heavy atom. The molecule has 2 amide bonds. The first kappa shape index (κ1) is 21.0. The molecule has 3 aromatic rings. The van der Waals surface area contributed by atoms with E-state index in [2.05, 4.69) is 16.4 Å². The predicted molar refractivity (Wildman–Crippen MR) is 119 cm³/mol. The number of aryl methyl sites for hydroxylation is 3. The molecule has 0 radical (unpaired) electrons. The van der Waals surface area contributed by atoms with Crippen molar-refractivity contribution in [1.82, 2.24) is 9.88 Å². The minimum Gasteiger partial charge on any atom is -0.336 e. The number of nitrogens with zero attached hydrogens (tertiary/aromatic N) is 2. The Hall–Kier alpha value is -2.73. The lowest BCUT2D eigenvalue weighted by molar-refractivity contribution is -0.133. The molecule has 152 valence electrons. The molecule has 1 aromatic heterocycles. The Balaban J connectivity index is 1.41. The Bertz CT molecular complexity index is 959. The van der Waals surface area contributed by atoms with Gasteiger partial charge in [0.05, 0.1) is 21.8 Å². The van der Waals surface area contributed by atoms with Crippen LogP contribution < -0.4 is 5.32 Å². The molecular formula is C23H27N3O2S. The van der Waals surface area contributed by atoms with Crippen LogP contribution in [0.3, 0.4) is 0 Å². The molecule has 0 spiro atoms. The van der Waals surface area contributed by atoms with Gasteiger partial charge in [-0.15, -0.1) is 11.3 Å². The van der Waals surface area contributed by atoms with Gasteiger partial charge in [0.1, 0.15) is 0 Å². The largest absolute Gasteiger partial charge is 0.336 e. The van der Waals surface area contributed by atoms with E-state index in [-0.39, 0.29) is 18.4 Å². The zero-order chi connectivity index (χ0) is 20.8. The number of likely N-dealkylation sites (N-methyl/N-ethyl adjacent to an activating group) is 1. The van der Waals surface area contributed by atoms with Gasteiger partial charge < -0.3 is 10.2 Å². The zero-order valence-electron chi connectivity index (χ0n) is 17.2. The molecule has 0 aliphatic carbocycles. The van der Waals surface area contributed by atoms with Crippen molar-refractivity contribution >= 4 is 39.1 Å². The second kappa shape index (κ2) is 9.65. The fraction of sp³-hybridized carbons (Fsp3) is 0.348. The number of hydrogen-bond acceptors (Lipinski definition) is 4. The van der Waals surface area contributed by atoms with Crippen molar-refractivity contribution in [3.63, 3.8) is 0 Å². The van der Waals surface area contributed by atoms with Crippen molar-refractivity contribution in [2.24, 2.45) is 0 Å². The number of hydrogen-bond donors (Lipinski definition) is 1. The molecule has 3 rings (SSSR count). The molecule has 0 atom stereocenters. The number of unbranched alkanes of at least 4 members (excludes halogenated alkanes) is 1. The fourth-order valence-electron chi connectivity index (χ4n) is 3.26. The van der Waals surface area contributed by atoms with Gasteiger partial charge in [0.15, 0.2) is 0 Å². The number of rotatable bonds is 8. The SMILES string of the molecule is Cc1cccc(C)c1NC(=O)CN(C)C(=O)CCCCc1nc2ccccc2s1. The Kier molecular flexibility index (Phi) is 6.99. The van der Waals surface area contributed by atoms with Gasteiger partial charge in [0.2, 0.25) is 11.8 Å². The van der Waals surface area contributed by atoms with Crippen LogP contribution in [0, 0.1) is 13.8 Å². The Labute approximate surface area is 175 Å². The Morgan fingerprint density at radius 2 is 1.76 bits per heavy atom. The van der Waals surface area contributed by atoms with Gasteiger partial charge in [-0.1, -0.05) is 30.3 Å². The average Bonchev–Trinajstić information content (AvgIpc) is 3.11. The normalized spacial score (nSPS) is 10.9. The highest BCUT2D eigenvalue weighted by Crippen LogP contribution is 2.23. The van der Waals surface area contributed by atoms with Crippen LogP contribution in [0.4, 0.5) is 5.69 Å². The molecule has 1 N–H and O–H groups in total. The van der Waals surface area contributed by atoms with Crippen LogP contribution in [0.2, 0.25) is 0 Å². The number of para-hydroxylation sites is 2. The molecule has 0 unspecified atom stereocenters. The minimum atomic E-state index is -0.173. The summed E-state index contributed by atoms with van der Waals surface area (Å²) in [5.41, 5.74) is 3.90. The van der Waals surface area contributed by atoms with Crippen LogP contribution >= 0.6 is 11.3 Å². The highest BCUT2D eigenvalue weighted by molar-refractivity contribution is 7.18. The summed E-state index contributed by atoms with van der Waals surface area (Å²) in [5.74, 6) is -0.182. The van der Waals surface area contributed by atoms with Crippen LogP contribution in [0.25, 0.3) is 10.2 Å². The summed E-state index contributed by atoms with van der Waals surface area (Å²) in [7, 11) is 1.68. The van der Waals surface area contributed by atoms with Crippen molar-refractivity contribution in [2.45, 2.75) is 39.5 Å². The van der Waals surface area contributed by atoms with E-state index in [4.69, 9.17) is 0 Å². The first-order chi connectivity index (χ1) is 13.9. The second-order valence-corrected chi connectivity index (χ2v) is 8.46. The molecule has 0 aliphatic heterocycles. The number of amides is 2. The van der Waals surface area contributed by atoms with Crippen LogP contribution in [0.15, 0.2) is 42.5 Å². The highest BCUT2D eigenvalue weighted by Gasteiger charge is 2.14. The molecule has 0 saturated carbocycles. The molecule has 5 nitrogen and oxygen atoms in total. The van der Waals surface area contributed by atoms with Crippen LogP contribution in [-0.2, 0) is 16.0 Å². The van der Waals surface area contributed by atoms with E-state index in [0.29, 0.717) is 6.42 Å². The van der Waals surface area contributed by atoms with Crippen molar-refractivity contribution < 1.29 is 9.59 Å². The minimum absolute atomic E-state index is 0.00837. The summed E-state index contributed by atoms with van der Waals surface area (Å²) in [4.78, 5) is 30.8. The molecule has 6 heteroatoms. The molecule has 29 heavy (non-hydrogen) atoms. The zero-order valence-corrected chi connectivity index (χ0v) is 18.0. The monoisotopic (exact) mass is 409 g/mol. The van der Waals surface area contributed by atoms with Gasteiger partial charge >= 0.3 is 0 Å². The summed E-state index contributed by atoms with van der Waals surface area (Å²) in [6.45, 7) is 3.98. The van der Waals surface area contributed by atoms with E-state index >= 15 is 0 Å². The van der Waals surface area contributed by atoms with E-state index in [1.54, 1.807) is 18.4 Å². The first-order valence-electron chi connectivity index (χ1n) is 9.88. The van der Waals surface area contributed by atoms with Crippen molar-refractivity contribution in [1.29, 1.82) is 0 Å². The van der Waals surface area contributed by atoms with Crippen molar-refractivity contribution in [3.05, 3.63) is 58.6 Å². The summed E-state index contributed by atoms with van der Waals surface area (Å²) in [6.07, 6.45) is 3.02. The van der Waals surface area contributed by atoms with Gasteiger partial charge in [-0.2, -0.15) is 0 Å². The third kappa shape index (κ3) is 5.64. The highest BCUT2D eigenvalue weighted by atomic mass is 32.1. The lowest BCUT2D eigenvalue weighted by Gasteiger charge is -2.18. The fourth-order valence-corrected chi connectivity index (χ4v) is 4.27. The van der Waals surface area contributed by atoms with Crippen molar-refractivity contribution in [3.8, 4) is 0 Å². The van der Waals surface area contributed by atoms with Gasteiger partial charge in [0, 0.05) is 19.2 Å². The van der Waals surface area contributed by atoms with Crippen LogP contribution in [0.5, 0.6) is 0 Å². The number of thiazole rings is 1. The van der Waals surface area contributed by atoms with E-state index in [9.17, 15) is 9.59 Å². The third-order valence-corrected chi connectivity index (χ3v) is 6.02. The molecular weight excluding hydrogens is 382 g/mol. The van der Waals surface area contributed by atoms with E-state index < -0.39 is 0 Å². The summed E-state index contributed by atoms with van der Waals surface area (Å²) >= 11 is 1.71. The summed E-state index contributed by atoms with van der Waals surface area (Å²) in [6, 6.07) is 14.0. The average molecular weight is 410 g/mol. The van der Waals surface area contributed by atoms with Crippen LogP contribution in [0.1, 0.15) is 35.4 Å². The number of benzene rings is 2. The van der Waals surface area contributed by atoms with Crippen molar-refractivity contribution in [2.75, 3.05) is 18.9 Å². The molecule has 1 heterocycles. The number of carbonyl (C=O) groups is 2. The molecule has 0 saturated heterocycles. The maximum absolute atomic E-state index is 12.3. The lowest BCUT2D eigenvalue weighted by Crippen LogP contribution is -2.35. The first-order valence-corrected chi connectivity index (χ1v) is 10.7. The quantitative estimate of drug-likeness (QED) is 0.548. The van der Waals surface area contributed by atoms with E-state index in [0.717, 1.165) is 46.6 Å². The summed E-state index contributed by atoms with van der Waals surface area (Å²) < 4.78 is 1.20. The van der Waals surface area contributed by atoms with E-state index in [1.165, 1.54) is 9.60 Å². The smallest absolute Gasteiger partial charge is 0.243 e. The molecule has 0 bridgehead atoms. The van der Waals surface area contributed by atoms with Gasteiger partial charge in [0.25, 0.3) is 0 Å². The maximum atomic E-state index is 12.3. The molecule has 2 aromatic carbocycles. The molecule has 0 aliphatic rings. The number of anilines is 1. The second-order valence-electron chi connectivity index (χ2n) is 7.35. The number of carbonyl (C=O) groups excluding carboxylic acids is 2. The summed E-state index contributed by atoms with van der Waals surface area (Å²) in [5, 5.41) is 4.04. The number of fused-ring (bicyclic) bond motifs is 1. The standard InChI is InChI=1S/C23H27N3O2S/c1-16-9-8-10-17(2)23(16)25-20(27)15-26(3)22(28)14-7-6-13-21-24-18-11-4-5-12-19(18)29-21/h4-5,8-12H,6-7,13-15H2,1-3H3,(H,25,27). The van der Waals surface area contributed by atoms with Crippen LogP contribution in [-0.4, -0.2) is 35.3 Å².